The van der Waals surface area contributed by atoms with Crippen LogP contribution in [0.25, 0.3) is 0 Å². The van der Waals surface area contributed by atoms with Crippen molar-refractivity contribution in [2.24, 2.45) is 23.7 Å². The highest BCUT2D eigenvalue weighted by atomic mass is 16.3. The molecule has 0 amide bonds. The number of rotatable bonds is 0. The van der Waals surface area contributed by atoms with Crippen LogP contribution in [0.2, 0.25) is 0 Å². The average molecular weight is 150 g/mol. The molecule has 5 atom stereocenters. The van der Waals surface area contributed by atoms with E-state index >= 15 is 0 Å². The maximum Gasteiger partial charge on any atom is 0.0757 e. The monoisotopic (exact) mass is 150 g/mol. The van der Waals surface area contributed by atoms with E-state index in [0.717, 1.165) is 17.8 Å². The van der Waals surface area contributed by atoms with E-state index in [9.17, 15) is 5.11 Å². The number of allylic oxidation sites excluding steroid dienone is 1. The zero-order chi connectivity index (χ0) is 7.42. The maximum absolute atomic E-state index is 9.63. The van der Waals surface area contributed by atoms with E-state index in [1.165, 1.54) is 19.3 Å². The smallest absolute Gasteiger partial charge is 0.0757 e. The molecular formula is C10H14O. The molecule has 2 fully saturated rings. The fourth-order valence-corrected chi connectivity index (χ4v) is 3.54. The molecule has 0 aliphatic heterocycles. The molecule has 1 heteroatoms. The Hall–Kier alpha value is -0.300. The van der Waals surface area contributed by atoms with Crippen molar-refractivity contribution >= 4 is 0 Å². The minimum atomic E-state index is -0.102. The lowest BCUT2D eigenvalue weighted by Crippen LogP contribution is -2.25. The summed E-state index contributed by atoms with van der Waals surface area (Å²) in [6, 6.07) is 0. The van der Waals surface area contributed by atoms with E-state index in [0.29, 0.717) is 5.92 Å². The van der Waals surface area contributed by atoms with Gasteiger partial charge in [0.2, 0.25) is 0 Å². The first-order valence-electron chi connectivity index (χ1n) is 4.72. The Labute approximate surface area is 67.1 Å². The number of hydrogen-bond donors (Lipinski definition) is 1. The van der Waals surface area contributed by atoms with Crippen LogP contribution in [0.15, 0.2) is 12.2 Å². The summed E-state index contributed by atoms with van der Waals surface area (Å²) in [5, 5.41) is 9.63. The Balaban J connectivity index is 1.96. The van der Waals surface area contributed by atoms with Crippen molar-refractivity contribution in [1.82, 2.24) is 0 Å². The first kappa shape index (κ1) is 6.24. The number of aliphatic hydroxyl groups excluding tert-OH is 1. The summed E-state index contributed by atoms with van der Waals surface area (Å²) in [6.07, 6.45) is 8.37. The Bertz CT molecular complexity index is 209. The van der Waals surface area contributed by atoms with Gasteiger partial charge in [-0.15, -0.1) is 0 Å². The van der Waals surface area contributed by atoms with Crippen LogP contribution in [0.3, 0.4) is 0 Å². The molecule has 60 valence electrons. The van der Waals surface area contributed by atoms with Crippen LogP contribution >= 0.6 is 0 Å². The molecule has 0 aromatic heterocycles. The van der Waals surface area contributed by atoms with Crippen LogP contribution in [-0.4, -0.2) is 11.2 Å². The zero-order valence-corrected chi connectivity index (χ0v) is 6.61. The Morgan fingerprint density at radius 2 is 1.91 bits per heavy atom. The van der Waals surface area contributed by atoms with E-state index < -0.39 is 0 Å². The molecule has 0 aromatic carbocycles. The Morgan fingerprint density at radius 1 is 1.09 bits per heavy atom. The summed E-state index contributed by atoms with van der Waals surface area (Å²) >= 11 is 0. The molecule has 2 saturated carbocycles. The fraction of sp³-hybridized carbons (Fsp3) is 0.800. The van der Waals surface area contributed by atoms with Gasteiger partial charge in [0.25, 0.3) is 0 Å². The number of hydrogen-bond acceptors (Lipinski definition) is 1. The third-order valence-electron chi connectivity index (χ3n) is 3.97. The second kappa shape index (κ2) is 1.89. The van der Waals surface area contributed by atoms with Gasteiger partial charge in [-0.1, -0.05) is 12.2 Å². The molecule has 0 spiro atoms. The molecule has 0 saturated heterocycles. The van der Waals surface area contributed by atoms with Gasteiger partial charge < -0.3 is 5.11 Å². The van der Waals surface area contributed by atoms with Crippen molar-refractivity contribution < 1.29 is 5.11 Å². The molecule has 0 radical (unpaired) electrons. The standard InChI is InChI=1S/C10H14O/c11-9-4-3-8-6-1-2-7(5-6)10(8)9/h3-4,6-11H,1-2,5H2/t6-,7+,8-,9+,10-/m1/s1. The molecule has 11 heavy (non-hydrogen) atoms. The molecule has 2 bridgehead atoms. The van der Waals surface area contributed by atoms with Gasteiger partial charge in [-0.05, 0) is 42.9 Å². The zero-order valence-electron chi connectivity index (χ0n) is 6.61. The molecular weight excluding hydrogens is 136 g/mol. The molecule has 1 nitrogen and oxygen atoms in total. The predicted molar refractivity (Wildman–Crippen MR) is 43.0 cm³/mol. The van der Waals surface area contributed by atoms with Crippen molar-refractivity contribution in [3.8, 4) is 0 Å². The van der Waals surface area contributed by atoms with Crippen LogP contribution in [0.1, 0.15) is 19.3 Å². The summed E-state index contributed by atoms with van der Waals surface area (Å²) in [4.78, 5) is 0. The first-order chi connectivity index (χ1) is 5.36. The molecule has 0 heterocycles. The lowest BCUT2D eigenvalue weighted by Gasteiger charge is -2.26. The minimum Gasteiger partial charge on any atom is -0.389 e. The predicted octanol–water partition coefficient (Wildman–Crippen LogP) is 1.58. The van der Waals surface area contributed by atoms with E-state index in [2.05, 4.69) is 6.08 Å². The highest BCUT2D eigenvalue weighted by Gasteiger charge is 2.50. The summed E-state index contributed by atoms with van der Waals surface area (Å²) in [7, 11) is 0. The van der Waals surface area contributed by atoms with E-state index in [1.807, 2.05) is 6.08 Å². The second-order valence-corrected chi connectivity index (χ2v) is 4.36. The molecule has 3 aliphatic rings. The van der Waals surface area contributed by atoms with Crippen LogP contribution in [0.4, 0.5) is 0 Å². The van der Waals surface area contributed by atoms with Gasteiger partial charge in [-0.3, -0.25) is 0 Å². The molecule has 1 N–H and O–H groups in total. The number of aliphatic hydroxyl groups is 1. The quantitative estimate of drug-likeness (QED) is 0.520. The average Bonchev–Trinajstić information content (AvgIpc) is 2.60. The third kappa shape index (κ3) is 0.652. The molecule has 3 rings (SSSR count). The summed E-state index contributed by atoms with van der Waals surface area (Å²) in [5.74, 6) is 3.16. The van der Waals surface area contributed by atoms with Crippen LogP contribution in [0.5, 0.6) is 0 Å². The van der Waals surface area contributed by atoms with Gasteiger partial charge in [0.1, 0.15) is 0 Å². The highest BCUT2D eigenvalue weighted by molar-refractivity contribution is 5.16. The van der Waals surface area contributed by atoms with E-state index in [-0.39, 0.29) is 6.10 Å². The van der Waals surface area contributed by atoms with Gasteiger partial charge in [-0.2, -0.15) is 0 Å². The lowest BCUT2D eigenvalue weighted by molar-refractivity contribution is 0.105. The van der Waals surface area contributed by atoms with Crippen molar-refractivity contribution in [1.29, 1.82) is 0 Å². The fourth-order valence-electron chi connectivity index (χ4n) is 3.54. The van der Waals surface area contributed by atoms with Crippen molar-refractivity contribution in [2.45, 2.75) is 25.4 Å². The van der Waals surface area contributed by atoms with E-state index in [4.69, 9.17) is 0 Å². The topological polar surface area (TPSA) is 20.2 Å². The van der Waals surface area contributed by atoms with Crippen molar-refractivity contribution in [3.05, 3.63) is 12.2 Å². The first-order valence-corrected chi connectivity index (χ1v) is 4.72. The van der Waals surface area contributed by atoms with Crippen LogP contribution in [-0.2, 0) is 0 Å². The summed E-state index contributed by atoms with van der Waals surface area (Å²) < 4.78 is 0. The lowest BCUT2D eigenvalue weighted by atomic mass is 9.80. The minimum absolute atomic E-state index is 0.102. The summed E-state index contributed by atoms with van der Waals surface area (Å²) in [5.41, 5.74) is 0. The Morgan fingerprint density at radius 3 is 2.73 bits per heavy atom. The van der Waals surface area contributed by atoms with Crippen LogP contribution in [0, 0.1) is 23.7 Å². The van der Waals surface area contributed by atoms with E-state index in [1.54, 1.807) is 0 Å². The highest BCUT2D eigenvalue weighted by Crippen LogP contribution is 2.56. The SMILES string of the molecule is O[C@H]1C=C[C@@H]2[C@@H]3CC[C@@H](C3)[C@H]21. The third-order valence-corrected chi connectivity index (χ3v) is 3.97. The normalized spacial score (nSPS) is 58.8. The van der Waals surface area contributed by atoms with Gasteiger partial charge in [-0.25, -0.2) is 0 Å². The van der Waals surface area contributed by atoms with Gasteiger partial charge >= 0.3 is 0 Å². The number of fused-ring (bicyclic) bond motifs is 5. The molecule has 3 aliphatic carbocycles. The molecule has 0 unspecified atom stereocenters. The summed E-state index contributed by atoms with van der Waals surface area (Å²) in [6.45, 7) is 0. The van der Waals surface area contributed by atoms with Crippen molar-refractivity contribution in [3.63, 3.8) is 0 Å². The second-order valence-electron chi connectivity index (χ2n) is 4.36. The van der Waals surface area contributed by atoms with Crippen LogP contribution < -0.4 is 0 Å². The van der Waals surface area contributed by atoms with Gasteiger partial charge in [0.15, 0.2) is 0 Å². The maximum atomic E-state index is 9.63. The van der Waals surface area contributed by atoms with Gasteiger partial charge in [0, 0.05) is 0 Å². The van der Waals surface area contributed by atoms with Crippen molar-refractivity contribution in [2.75, 3.05) is 0 Å². The largest absolute Gasteiger partial charge is 0.389 e. The Kier molecular flexibility index (Phi) is 1.07. The molecule has 0 aromatic rings. The van der Waals surface area contributed by atoms with Gasteiger partial charge in [0.05, 0.1) is 6.10 Å².